The van der Waals surface area contributed by atoms with E-state index < -0.39 is 0 Å². The van der Waals surface area contributed by atoms with Crippen LogP contribution in [0.5, 0.6) is 0 Å². The third-order valence-electron chi connectivity index (χ3n) is 4.19. The zero-order chi connectivity index (χ0) is 13.7. The van der Waals surface area contributed by atoms with Crippen molar-refractivity contribution in [2.45, 2.75) is 18.9 Å². The molecule has 3 aromatic rings. The van der Waals surface area contributed by atoms with Gasteiger partial charge in [-0.15, -0.1) is 11.3 Å². The number of hydrogen-bond acceptors (Lipinski definition) is 2. The molecule has 1 nitrogen and oxygen atoms in total. The Morgan fingerprint density at radius 1 is 1.10 bits per heavy atom. The van der Waals surface area contributed by atoms with Crippen LogP contribution >= 0.6 is 27.3 Å². The molecule has 4 rings (SSSR count). The van der Waals surface area contributed by atoms with Crippen molar-refractivity contribution in [2.24, 2.45) is 5.73 Å². The number of halogens is 1. The van der Waals surface area contributed by atoms with Gasteiger partial charge >= 0.3 is 0 Å². The average molecular weight is 344 g/mol. The lowest BCUT2D eigenvalue weighted by atomic mass is 9.93. The molecular formula is C17H14BrNS. The first-order chi connectivity index (χ1) is 9.74. The van der Waals surface area contributed by atoms with Crippen LogP contribution in [0, 0.1) is 0 Å². The van der Waals surface area contributed by atoms with Crippen LogP contribution in [-0.4, -0.2) is 0 Å². The Balaban J connectivity index is 1.93. The molecule has 0 saturated heterocycles. The van der Waals surface area contributed by atoms with Crippen LogP contribution in [0.4, 0.5) is 0 Å². The molecule has 20 heavy (non-hydrogen) atoms. The van der Waals surface area contributed by atoms with E-state index in [1.54, 1.807) is 11.3 Å². The van der Waals surface area contributed by atoms with Gasteiger partial charge in [-0.1, -0.05) is 30.3 Å². The van der Waals surface area contributed by atoms with Crippen LogP contribution in [0.15, 0.2) is 45.6 Å². The van der Waals surface area contributed by atoms with E-state index >= 15 is 0 Å². The summed E-state index contributed by atoms with van der Waals surface area (Å²) in [5.74, 6) is 0. The molecule has 1 aliphatic rings. The fourth-order valence-electron chi connectivity index (χ4n) is 3.21. The van der Waals surface area contributed by atoms with Crippen molar-refractivity contribution in [2.75, 3.05) is 0 Å². The molecule has 1 heterocycles. The Kier molecular flexibility index (Phi) is 2.95. The molecule has 2 N–H and O–H groups in total. The van der Waals surface area contributed by atoms with Crippen molar-refractivity contribution < 1.29 is 0 Å². The highest BCUT2D eigenvalue weighted by atomic mass is 79.9. The van der Waals surface area contributed by atoms with Crippen LogP contribution in [-0.2, 0) is 12.8 Å². The van der Waals surface area contributed by atoms with Gasteiger partial charge in [0.25, 0.3) is 0 Å². The second-order valence-corrected chi connectivity index (χ2v) is 7.61. The van der Waals surface area contributed by atoms with Gasteiger partial charge in [0.1, 0.15) is 0 Å². The summed E-state index contributed by atoms with van der Waals surface area (Å²) in [5, 5.41) is 4.90. The zero-order valence-electron chi connectivity index (χ0n) is 10.9. The predicted molar refractivity (Wildman–Crippen MR) is 89.4 cm³/mol. The summed E-state index contributed by atoms with van der Waals surface area (Å²) in [7, 11) is 0. The van der Waals surface area contributed by atoms with Gasteiger partial charge in [0.05, 0.1) is 9.83 Å². The smallest absolute Gasteiger partial charge is 0.0701 e. The first-order valence-electron chi connectivity index (χ1n) is 6.77. The molecular weight excluding hydrogens is 330 g/mol. The Morgan fingerprint density at radius 2 is 1.90 bits per heavy atom. The fraction of sp³-hybridized carbons (Fsp3) is 0.176. The molecule has 0 aliphatic heterocycles. The summed E-state index contributed by atoms with van der Waals surface area (Å²) in [5.41, 5.74) is 11.9. The number of thiophene rings is 1. The van der Waals surface area contributed by atoms with Gasteiger partial charge < -0.3 is 5.73 Å². The van der Waals surface area contributed by atoms with Gasteiger partial charge in [0, 0.05) is 0 Å². The molecule has 1 atom stereocenters. The molecule has 100 valence electrons. The lowest BCUT2D eigenvalue weighted by molar-refractivity contribution is 0.885. The number of rotatable bonds is 2. The van der Waals surface area contributed by atoms with Gasteiger partial charge in [-0.25, -0.2) is 0 Å². The maximum absolute atomic E-state index is 6.50. The Morgan fingerprint density at radius 3 is 2.65 bits per heavy atom. The lowest BCUT2D eigenvalue weighted by Gasteiger charge is -2.15. The molecule has 1 aromatic heterocycles. The minimum atomic E-state index is -0.0533. The third-order valence-corrected chi connectivity index (χ3v) is 5.72. The van der Waals surface area contributed by atoms with Crippen LogP contribution in [0.2, 0.25) is 0 Å². The van der Waals surface area contributed by atoms with Crippen molar-refractivity contribution in [1.29, 1.82) is 0 Å². The van der Waals surface area contributed by atoms with E-state index in [0.29, 0.717) is 0 Å². The van der Waals surface area contributed by atoms with Crippen molar-refractivity contribution in [3.63, 3.8) is 0 Å². The number of benzene rings is 2. The minimum absolute atomic E-state index is 0.0533. The predicted octanol–water partition coefficient (Wildman–Crippen LogP) is 4.81. The molecule has 0 amide bonds. The summed E-state index contributed by atoms with van der Waals surface area (Å²) in [6, 6.07) is 13.2. The molecule has 1 unspecified atom stereocenters. The number of nitrogens with two attached hydrogens (primary N) is 1. The average Bonchev–Trinajstić information content (AvgIpc) is 3.07. The number of aryl methyl sites for hydroxylation is 2. The Hall–Kier alpha value is -1.16. The van der Waals surface area contributed by atoms with Gasteiger partial charge in [0.2, 0.25) is 0 Å². The Bertz CT molecular complexity index is 796. The summed E-state index contributed by atoms with van der Waals surface area (Å²) in [6.45, 7) is 0. The monoisotopic (exact) mass is 343 g/mol. The molecule has 1 aliphatic carbocycles. The van der Waals surface area contributed by atoms with E-state index in [1.165, 1.54) is 33.0 Å². The molecule has 0 radical (unpaired) electrons. The first-order valence-corrected chi connectivity index (χ1v) is 8.44. The molecule has 0 fully saturated rings. The molecule has 2 aromatic carbocycles. The van der Waals surface area contributed by atoms with E-state index in [9.17, 15) is 0 Å². The summed E-state index contributed by atoms with van der Waals surface area (Å²) < 4.78 is 1.13. The topological polar surface area (TPSA) is 26.0 Å². The number of hydrogen-bond donors (Lipinski definition) is 1. The molecule has 0 spiro atoms. The van der Waals surface area contributed by atoms with Crippen LogP contribution in [0.25, 0.3) is 10.8 Å². The maximum atomic E-state index is 6.50. The normalized spacial score (nSPS) is 14.9. The highest BCUT2D eigenvalue weighted by Gasteiger charge is 2.19. The third kappa shape index (κ3) is 1.85. The van der Waals surface area contributed by atoms with Gasteiger partial charge in [-0.2, -0.15) is 0 Å². The van der Waals surface area contributed by atoms with E-state index in [4.69, 9.17) is 5.73 Å². The van der Waals surface area contributed by atoms with Gasteiger partial charge in [-0.3, -0.25) is 0 Å². The van der Waals surface area contributed by atoms with Crippen LogP contribution in [0.3, 0.4) is 0 Å². The van der Waals surface area contributed by atoms with E-state index in [0.717, 1.165) is 16.6 Å². The lowest BCUT2D eigenvalue weighted by Crippen LogP contribution is -2.11. The summed E-state index contributed by atoms with van der Waals surface area (Å²) >= 11 is 5.21. The fourth-order valence-corrected chi connectivity index (χ4v) is 4.42. The van der Waals surface area contributed by atoms with E-state index in [1.807, 2.05) is 0 Å². The van der Waals surface area contributed by atoms with E-state index in [2.05, 4.69) is 57.7 Å². The first kappa shape index (κ1) is 12.6. The highest BCUT2D eigenvalue weighted by molar-refractivity contribution is 9.11. The second-order valence-electron chi connectivity index (χ2n) is 5.32. The van der Waals surface area contributed by atoms with Gasteiger partial charge in [-0.05, 0) is 73.2 Å². The van der Waals surface area contributed by atoms with Crippen molar-refractivity contribution >= 4 is 38.0 Å². The second kappa shape index (κ2) is 4.69. The van der Waals surface area contributed by atoms with Gasteiger partial charge in [0.15, 0.2) is 0 Å². The Labute approximate surface area is 130 Å². The standard InChI is InChI=1S/C17H14BrNS/c18-15-8-12(9-20-15)17(19)14-7-6-11-5-4-10-2-1-3-13(14)16(10)11/h1-3,6-9,17H,4-5,19H2. The van der Waals surface area contributed by atoms with Crippen LogP contribution in [0.1, 0.15) is 28.3 Å². The SMILES string of the molecule is NC(c1csc(Br)c1)c1ccc2c3c(cccc13)CC2. The van der Waals surface area contributed by atoms with Crippen molar-refractivity contribution in [3.8, 4) is 0 Å². The zero-order valence-corrected chi connectivity index (χ0v) is 13.3. The van der Waals surface area contributed by atoms with Crippen LogP contribution < -0.4 is 5.73 Å². The maximum Gasteiger partial charge on any atom is 0.0701 e. The highest BCUT2D eigenvalue weighted by Crippen LogP contribution is 2.37. The molecule has 0 saturated carbocycles. The van der Waals surface area contributed by atoms with E-state index in [-0.39, 0.29) is 6.04 Å². The molecule has 0 bridgehead atoms. The summed E-state index contributed by atoms with van der Waals surface area (Å²) in [6.07, 6.45) is 2.32. The minimum Gasteiger partial charge on any atom is -0.320 e. The largest absolute Gasteiger partial charge is 0.320 e. The van der Waals surface area contributed by atoms with Crippen molar-refractivity contribution in [1.82, 2.24) is 0 Å². The van der Waals surface area contributed by atoms with Crippen molar-refractivity contribution in [3.05, 3.63) is 67.8 Å². The summed E-state index contributed by atoms with van der Waals surface area (Å²) in [4.78, 5) is 0. The molecule has 3 heteroatoms. The quantitative estimate of drug-likeness (QED) is 0.709.